The summed E-state index contributed by atoms with van der Waals surface area (Å²) in [5.74, 6) is 0.388. The van der Waals surface area contributed by atoms with Crippen molar-refractivity contribution in [3.05, 3.63) is 23.5 Å². The molecular formula is C16H23N3O2. The first kappa shape index (κ1) is 14.2. The van der Waals surface area contributed by atoms with E-state index in [9.17, 15) is 9.59 Å². The Morgan fingerprint density at radius 1 is 1.38 bits per heavy atom. The second-order valence-corrected chi connectivity index (χ2v) is 6.39. The summed E-state index contributed by atoms with van der Waals surface area (Å²) in [7, 11) is 0. The summed E-state index contributed by atoms with van der Waals surface area (Å²) < 4.78 is 0. The highest BCUT2D eigenvalue weighted by atomic mass is 16.2. The number of H-pyrrole nitrogens is 1. The Morgan fingerprint density at radius 3 is 2.62 bits per heavy atom. The molecule has 0 atom stereocenters. The standard InChI is InChI=1S/C16H23N3O2/c1-3-18-11-16(10-14(18)20)5-8-19(9-6-16)15(21)13-4-7-17-12(13)2/h4,7,17H,3,5-6,8-11H2,1-2H3. The van der Waals surface area contributed by atoms with Crippen LogP contribution >= 0.6 is 0 Å². The lowest BCUT2D eigenvalue weighted by molar-refractivity contribution is -0.127. The van der Waals surface area contributed by atoms with Crippen molar-refractivity contribution in [2.75, 3.05) is 26.2 Å². The molecule has 2 aliphatic heterocycles. The lowest BCUT2D eigenvalue weighted by Crippen LogP contribution is -2.44. The zero-order chi connectivity index (χ0) is 15.0. The van der Waals surface area contributed by atoms with E-state index in [0.29, 0.717) is 6.42 Å². The molecule has 5 heteroatoms. The van der Waals surface area contributed by atoms with E-state index in [2.05, 4.69) is 4.98 Å². The van der Waals surface area contributed by atoms with Crippen LogP contribution in [-0.4, -0.2) is 52.8 Å². The molecule has 5 nitrogen and oxygen atoms in total. The predicted molar refractivity (Wildman–Crippen MR) is 80.0 cm³/mol. The largest absolute Gasteiger partial charge is 0.365 e. The summed E-state index contributed by atoms with van der Waals surface area (Å²) in [4.78, 5) is 31.4. The first-order valence-corrected chi connectivity index (χ1v) is 7.76. The SMILES string of the molecule is CCN1CC2(CCN(C(=O)c3cc[nH]c3C)CC2)CC1=O. The Kier molecular flexibility index (Phi) is 3.51. The molecule has 0 bridgehead atoms. The predicted octanol–water partition coefficient (Wildman–Crippen LogP) is 1.80. The van der Waals surface area contributed by atoms with Crippen LogP contribution in [0.25, 0.3) is 0 Å². The maximum Gasteiger partial charge on any atom is 0.255 e. The van der Waals surface area contributed by atoms with Crippen molar-refractivity contribution in [3.63, 3.8) is 0 Å². The number of aryl methyl sites for hydroxylation is 1. The van der Waals surface area contributed by atoms with Gasteiger partial charge in [-0.1, -0.05) is 0 Å². The minimum Gasteiger partial charge on any atom is -0.365 e. The van der Waals surface area contributed by atoms with Crippen molar-refractivity contribution in [2.24, 2.45) is 5.41 Å². The maximum absolute atomic E-state index is 12.5. The molecular weight excluding hydrogens is 266 g/mol. The molecule has 114 valence electrons. The van der Waals surface area contributed by atoms with Crippen LogP contribution in [-0.2, 0) is 4.79 Å². The Morgan fingerprint density at radius 2 is 2.10 bits per heavy atom. The van der Waals surface area contributed by atoms with E-state index >= 15 is 0 Å². The number of carbonyl (C=O) groups is 2. The van der Waals surface area contributed by atoms with Gasteiger partial charge in [0.2, 0.25) is 5.91 Å². The fourth-order valence-corrected chi connectivity index (χ4v) is 3.64. The summed E-state index contributed by atoms with van der Waals surface area (Å²) in [5.41, 5.74) is 1.80. The second kappa shape index (κ2) is 5.20. The Hall–Kier alpha value is -1.78. The van der Waals surface area contributed by atoms with Crippen molar-refractivity contribution >= 4 is 11.8 Å². The lowest BCUT2D eigenvalue weighted by atomic mass is 9.77. The zero-order valence-corrected chi connectivity index (χ0v) is 12.8. The minimum absolute atomic E-state index is 0.108. The maximum atomic E-state index is 12.5. The van der Waals surface area contributed by atoms with Crippen LogP contribution < -0.4 is 0 Å². The van der Waals surface area contributed by atoms with E-state index in [-0.39, 0.29) is 17.2 Å². The molecule has 2 fully saturated rings. The molecule has 1 aromatic rings. The number of nitrogens with one attached hydrogen (secondary N) is 1. The third-order valence-electron chi connectivity index (χ3n) is 5.08. The molecule has 1 spiro atoms. The number of hydrogen-bond acceptors (Lipinski definition) is 2. The monoisotopic (exact) mass is 289 g/mol. The molecule has 2 saturated heterocycles. The summed E-state index contributed by atoms with van der Waals surface area (Å²) >= 11 is 0. The van der Waals surface area contributed by atoms with E-state index in [4.69, 9.17) is 0 Å². The molecule has 0 aliphatic carbocycles. The van der Waals surface area contributed by atoms with Gasteiger partial charge in [0.1, 0.15) is 0 Å². The lowest BCUT2D eigenvalue weighted by Gasteiger charge is -2.38. The average molecular weight is 289 g/mol. The van der Waals surface area contributed by atoms with Gasteiger partial charge in [-0.05, 0) is 32.8 Å². The van der Waals surface area contributed by atoms with Crippen LogP contribution in [0.1, 0.15) is 42.2 Å². The summed E-state index contributed by atoms with van der Waals surface area (Å²) in [5, 5.41) is 0. The fraction of sp³-hybridized carbons (Fsp3) is 0.625. The fourth-order valence-electron chi connectivity index (χ4n) is 3.64. The van der Waals surface area contributed by atoms with E-state index < -0.39 is 0 Å². The van der Waals surface area contributed by atoms with Crippen LogP contribution in [0.3, 0.4) is 0 Å². The highest BCUT2D eigenvalue weighted by Crippen LogP contribution is 2.41. The van der Waals surface area contributed by atoms with Crippen molar-refractivity contribution < 1.29 is 9.59 Å². The number of piperidine rings is 1. The van der Waals surface area contributed by atoms with Gasteiger partial charge in [-0.2, -0.15) is 0 Å². The van der Waals surface area contributed by atoms with Gasteiger partial charge in [-0.25, -0.2) is 0 Å². The first-order chi connectivity index (χ1) is 10.0. The highest BCUT2D eigenvalue weighted by molar-refractivity contribution is 5.95. The van der Waals surface area contributed by atoms with Crippen LogP contribution in [0, 0.1) is 12.3 Å². The normalized spacial score (nSPS) is 21.3. The number of carbonyl (C=O) groups excluding carboxylic acids is 2. The van der Waals surface area contributed by atoms with Gasteiger partial charge < -0.3 is 14.8 Å². The first-order valence-electron chi connectivity index (χ1n) is 7.76. The van der Waals surface area contributed by atoms with Crippen molar-refractivity contribution in [1.29, 1.82) is 0 Å². The number of aromatic nitrogens is 1. The van der Waals surface area contributed by atoms with Crippen LogP contribution in [0.2, 0.25) is 0 Å². The molecule has 0 radical (unpaired) electrons. The van der Waals surface area contributed by atoms with Crippen LogP contribution in [0.4, 0.5) is 0 Å². The van der Waals surface area contributed by atoms with Crippen molar-refractivity contribution in [1.82, 2.24) is 14.8 Å². The van der Waals surface area contributed by atoms with E-state index in [1.54, 1.807) is 0 Å². The van der Waals surface area contributed by atoms with Crippen LogP contribution in [0.15, 0.2) is 12.3 Å². The van der Waals surface area contributed by atoms with Gasteiger partial charge in [0.05, 0.1) is 5.56 Å². The number of aromatic amines is 1. The molecule has 2 aliphatic rings. The number of hydrogen-bond donors (Lipinski definition) is 1. The summed E-state index contributed by atoms with van der Waals surface area (Å²) in [6.07, 6.45) is 4.34. The minimum atomic E-state index is 0.108. The smallest absolute Gasteiger partial charge is 0.255 e. The molecule has 0 aromatic carbocycles. The van der Waals surface area contributed by atoms with Crippen LogP contribution in [0.5, 0.6) is 0 Å². The summed E-state index contributed by atoms with van der Waals surface area (Å²) in [6.45, 7) is 7.14. The Labute approximate surface area is 125 Å². The quantitative estimate of drug-likeness (QED) is 0.902. The molecule has 1 aromatic heterocycles. The number of amides is 2. The highest BCUT2D eigenvalue weighted by Gasteiger charge is 2.44. The number of nitrogens with zero attached hydrogens (tertiary/aromatic N) is 2. The van der Waals surface area contributed by atoms with Gasteiger partial charge in [-0.3, -0.25) is 9.59 Å². The molecule has 0 unspecified atom stereocenters. The molecule has 0 saturated carbocycles. The third kappa shape index (κ3) is 2.45. The third-order valence-corrected chi connectivity index (χ3v) is 5.08. The molecule has 21 heavy (non-hydrogen) atoms. The van der Waals surface area contributed by atoms with Gasteiger partial charge in [0.25, 0.3) is 5.91 Å². The molecule has 3 heterocycles. The van der Waals surface area contributed by atoms with Gasteiger partial charge in [-0.15, -0.1) is 0 Å². The van der Waals surface area contributed by atoms with E-state index in [1.807, 2.05) is 35.9 Å². The van der Waals surface area contributed by atoms with Crippen molar-refractivity contribution in [3.8, 4) is 0 Å². The number of rotatable bonds is 2. The Bertz CT molecular complexity index is 556. The van der Waals surface area contributed by atoms with Gasteiger partial charge in [0, 0.05) is 49.9 Å². The number of likely N-dealkylation sites (tertiary alicyclic amines) is 2. The van der Waals surface area contributed by atoms with Gasteiger partial charge >= 0.3 is 0 Å². The second-order valence-electron chi connectivity index (χ2n) is 6.39. The zero-order valence-electron chi connectivity index (χ0n) is 12.8. The average Bonchev–Trinajstić information content (AvgIpc) is 3.03. The van der Waals surface area contributed by atoms with E-state index in [1.165, 1.54) is 0 Å². The Balaban J connectivity index is 1.65. The van der Waals surface area contributed by atoms with Crippen molar-refractivity contribution in [2.45, 2.75) is 33.1 Å². The molecule has 1 N–H and O–H groups in total. The topological polar surface area (TPSA) is 56.4 Å². The van der Waals surface area contributed by atoms with Gasteiger partial charge in [0.15, 0.2) is 0 Å². The van der Waals surface area contributed by atoms with E-state index in [0.717, 1.165) is 50.3 Å². The summed E-state index contributed by atoms with van der Waals surface area (Å²) in [6, 6.07) is 1.85. The molecule has 2 amide bonds. The molecule has 3 rings (SSSR count).